The van der Waals surface area contributed by atoms with Crippen LogP contribution in [0, 0.1) is 5.82 Å². The highest BCUT2D eigenvalue weighted by atomic mass is 19.1. The Morgan fingerprint density at radius 2 is 2.31 bits per heavy atom. The van der Waals surface area contributed by atoms with E-state index in [1.165, 1.54) is 6.07 Å². The minimum absolute atomic E-state index is 0.148. The quantitative estimate of drug-likeness (QED) is 0.752. The van der Waals surface area contributed by atoms with E-state index < -0.39 is 0 Å². The van der Waals surface area contributed by atoms with Crippen molar-refractivity contribution >= 4 is 11.6 Å². The number of carbonyl (C=O) groups excluding carboxylic acids is 1. The lowest BCUT2D eigenvalue weighted by molar-refractivity contribution is -0.118. The number of hydrogen-bond donors (Lipinski definition) is 0. The number of fused-ring (bicyclic) bond motifs is 1. The van der Waals surface area contributed by atoms with Gasteiger partial charge in [0.2, 0.25) is 5.91 Å². The topological polar surface area (TPSA) is 20.3 Å². The molecule has 0 fully saturated rings. The van der Waals surface area contributed by atoms with Gasteiger partial charge < -0.3 is 4.90 Å². The molecule has 0 aliphatic carbocycles. The maximum Gasteiger partial charge on any atom is 0.226 e. The Balaban J connectivity index is 2.29. The van der Waals surface area contributed by atoms with Gasteiger partial charge in [-0.2, -0.15) is 0 Å². The molecule has 1 aliphatic rings. The predicted molar refractivity (Wildman–Crippen MR) is 62.0 cm³/mol. The molecule has 16 heavy (non-hydrogen) atoms. The average Bonchev–Trinajstić information content (AvgIpc) is 2.28. The minimum Gasteiger partial charge on any atom is -0.312 e. The van der Waals surface area contributed by atoms with Crippen molar-refractivity contribution in [2.75, 3.05) is 11.4 Å². The van der Waals surface area contributed by atoms with Gasteiger partial charge in [-0.05, 0) is 43.0 Å². The maximum absolute atomic E-state index is 13.1. The number of amides is 1. The highest BCUT2D eigenvalue weighted by Crippen LogP contribution is 2.28. The number of hydrogen-bond acceptors (Lipinski definition) is 1. The van der Waals surface area contributed by atoms with Gasteiger partial charge in [0.25, 0.3) is 0 Å². The van der Waals surface area contributed by atoms with Crippen molar-refractivity contribution in [1.82, 2.24) is 0 Å². The monoisotopic (exact) mass is 221 g/mol. The third kappa shape index (κ3) is 2.08. The van der Waals surface area contributed by atoms with Gasteiger partial charge in [-0.15, -0.1) is 0 Å². The molecule has 1 heterocycles. The second-order valence-electron chi connectivity index (χ2n) is 4.17. The number of benzene rings is 1. The zero-order valence-electron chi connectivity index (χ0n) is 9.50. The third-order valence-corrected chi connectivity index (χ3v) is 2.93. The fourth-order valence-electron chi connectivity index (χ4n) is 2.17. The molecule has 0 bridgehead atoms. The highest BCUT2D eigenvalue weighted by Gasteiger charge is 2.21. The van der Waals surface area contributed by atoms with E-state index in [0.717, 1.165) is 37.1 Å². The summed E-state index contributed by atoms with van der Waals surface area (Å²) in [5.74, 6) is -0.0707. The van der Waals surface area contributed by atoms with Crippen LogP contribution in [0.2, 0.25) is 0 Å². The van der Waals surface area contributed by atoms with Crippen molar-refractivity contribution in [2.45, 2.75) is 32.6 Å². The molecule has 86 valence electrons. The first kappa shape index (κ1) is 11.1. The summed E-state index contributed by atoms with van der Waals surface area (Å²) < 4.78 is 13.1. The Kier molecular flexibility index (Phi) is 3.22. The predicted octanol–water partition coefficient (Wildman–Crippen LogP) is 2.91. The van der Waals surface area contributed by atoms with Crippen molar-refractivity contribution in [3.63, 3.8) is 0 Å². The SMILES string of the molecule is CCCC(=O)N1CCCc2cc(F)ccc21. The molecule has 1 amide bonds. The van der Waals surface area contributed by atoms with E-state index in [4.69, 9.17) is 0 Å². The molecule has 0 unspecified atom stereocenters. The van der Waals surface area contributed by atoms with E-state index in [0.29, 0.717) is 6.42 Å². The van der Waals surface area contributed by atoms with Gasteiger partial charge >= 0.3 is 0 Å². The van der Waals surface area contributed by atoms with E-state index in [2.05, 4.69) is 0 Å². The van der Waals surface area contributed by atoms with Gasteiger partial charge in [-0.3, -0.25) is 4.79 Å². The number of anilines is 1. The zero-order valence-corrected chi connectivity index (χ0v) is 9.50. The van der Waals surface area contributed by atoms with Crippen molar-refractivity contribution in [2.24, 2.45) is 0 Å². The van der Waals surface area contributed by atoms with Crippen LogP contribution in [0.3, 0.4) is 0 Å². The molecule has 3 heteroatoms. The van der Waals surface area contributed by atoms with E-state index >= 15 is 0 Å². The summed E-state index contributed by atoms with van der Waals surface area (Å²) in [5.41, 5.74) is 1.85. The molecule has 2 rings (SSSR count). The summed E-state index contributed by atoms with van der Waals surface area (Å²) >= 11 is 0. The second kappa shape index (κ2) is 4.64. The molecule has 1 aliphatic heterocycles. The first-order valence-electron chi connectivity index (χ1n) is 5.81. The third-order valence-electron chi connectivity index (χ3n) is 2.93. The lowest BCUT2D eigenvalue weighted by atomic mass is 10.0. The molecule has 0 aromatic heterocycles. The Morgan fingerprint density at radius 3 is 3.06 bits per heavy atom. The molecule has 1 aromatic rings. The standard InChI is InChI=1S/C13H16FNO/c1-2-4-13(16)15-8-3-5-10-9-11(14)6-7-12(10)15/h6-7,9H,2-5,8H2,1H3. The highest BCUT2D eigenvalue weighted by molar-refractivity contribution is 5.94. The van der Waals surface area contributed by atoms with Gasteiger partial charge in [0.15, 0.2) is 0 Å². The molecule has 0 saturated carbocycles. The van der Waals surface area contributed by atoms with Crippen LogP contribution in [0.1, 0.15) is 31.7 Å². The molecule has 1 aromatic carbocycles. The number of rotatable bonds is 2. The van der Waals surface area contributed by atoms with Gasteiger partial charge in [-0.1, -0.05) is 6.92 Å². The first-order chi connectivity index (χ1) is 7.72. The van der Waals surface area contributed by atoms with E-state index in [1.807, 2.05) is 6.92 Å². The van der Waals surface area contributed by atoms with E-state index in [-0.39, 0.29) is 11.7 Å². The molecule has 0 saturated heterocycles. The fraction of sp³-hybridized carbons (Fsp3) is 0.462. The minimum atomic E-state index is -0.219. The van der Waals surface area contributed by atoms with Crippen LogP contribution in [0.15, 0.2) is 18.2 Å². The smallest absolute Gasteiger partial charge is 0.226 e. The van der Waals surface area contributed by atoms with Crippen molar-refractivity contribution in [3.8, 4) is 0 Å². The largest absolute Gasteiger partial charge is 0.312 e. The Morgan fingerprint density at radius 1 is 1.50 bits per heavy atom. The normalized spacial score (nSPS) is 14.8. The summed E-state index contributed by atoms with van der Waals surface area (Å²) in [5, 5.41) is 0. The van der Waals surface area contributed by atoms with Gasteiger partial charge in [0, 0.05) is 18.7 Å². The van der Waals surface area contributed by atoms with Gasteiger partial charge in [0.05, 0.1) is 0 Å². The van der Waals surface area contributed by atoms with Crippen LogP contribution in [0.4, 0.5) is 10.1 Å². The van der Waals surface area contributed by atoms with Crippen LogP contribution in [-0.4, -0.2) is 12.5 Å². The summed E-state index contributed by atoms with van der Waals surface area (Å²) in [4.78, 5) is 13.7. The number of carbonyl (C=O) groups is 1. The van der Waals surface area contributed by atoms with Crippen molar-refractivity contribution < 1.29 is 9.18 Å². The molecule has 2 nitrogen and oxygen atoms in total. The van der Waals surface area contributed by atoms with Crippen LogP contribution in [0.25, 0.3) is 0 Å². The lowest BCUT2D eigenvalue weighted by Gasteiger charge is -2.29. The van der Waals surface area contributed by atoms with E-state index in [1.54, 1.807) is 17.0 Å². The van der Waals surface area contributed by atoms with Gasteiger partial charge in [-0.25, -0.2) is 4.39 Å². The van der Waals surface area contributed by atoms with Crippen LogP contribution in [0.5, 0.6) is 0 Å². The van der Waals surface area contributed by atoms with E-state index in [9.17, 15) is 9.18 Å². The molecule has 0 spiro atoms. The summed E-state index contributed by atoms with van der Waals surface area (Å²) in [6.45, 7) is 2.75. The number of halogens is 1. The number of nitrogens with zero attached hydrogens (tertiary/aromatic N) is 1. The first-order valence-corrected chi connectivity index (χ1v) is 5.81. The number of aryl methyl sites for hydroxylation is 1. The van der Waals surface area contributed by atoms with Crippen LogP contribution >= 0.6 is 0 Å². The summed E-state index contributed by atoms with van der Waals surface area (Å²) in [6.07, 6.45) is 3.21. The fourth-order valence-corrected chi connectivity index (χ4v) is 2.17. The molecule has 0 atom stereocenters. The average molecular weight is 221 g/mol. The van der Waals surface area contributed by atoms with Crippen LogP contribution in [-0.2, 0) is 11.2 Å². The van der Waals surface area contributed by atoms with Crippen molar-refractivity contribution in [1.29, 1.82) is 0 Å². The molecular weight excluding hydrogens is 205 g/mol. The maximum atomic E-state index is 13.1. The summed E-state index contributed by atoms with van der Waals surface area (Å²) in [6, 6.07) is 4.69. The molecule has 0 N–H and O–H groups in total. The van der Waals surface area contributed by atoms with Crippen molar-refractivity contribution in [3.05, 3.63) is 29.6 Å². The Hall–Kier alpha value is -1.38. The van der Waals surface area contributed by atoms with Gasteiger partial charge in [0.1, 0.15) is 5.82 Å². The summed E-state index contributed by atoms with van der Waals surface area (Å²) in [7, 11) is 0. The lowest BCUT2D eigenvalue weighted by Crippen LogP contribution is -2.35. The van der Waals surface area contributed by atoms with Crippen LogP contribution < -0.4 is 4.90 Å². The Labute approximate surface area is 95.1 Å². The Bertz CT molecular complexity index is 403. The molecular formula is C13H16FNO. The second-order valence-corrected chi connectivity index (χ2v) is 4.17. The zero-order chi connectivity index (χ0) is 11.5. The molecule has 0 radical (unpaired) electrons.